The van der Waals surface area contributed by atoms with Gasteiger partial charge in [-0.1, -0.05) is 0 Å². The number of rotatable bonds is 0. The van der Waals surface area contributed by atoms with Crippen LogP contribution in [0, 0.1) is 6.08 Å². The third-order valence-corrected chi connectivity index (χ3v) is 0.586. The molecule has 38 valence electrons. The monoisotopic (exact) mass is 192 g/mol. The Morgan fingerprint density at radius 2 is 2.29 bits per heavy atom. The predicted molar refractivity (Wildman–Crippen MR) is 23.8 cm³/mol. The maximum atomic E-state index is 2.99. The van der Waals surface area contributed by atoms with E-state index in [-0.39, 0.29) is 41.5 Å². The van der Waals surface area contributed by atoms with Gasteiger partial charge in [-0.3, -0.25) is 6.08 Å². The van der Waals surface area contributed by atoms with Crippen LogP contribution in [0.2, 0.25) is 0 Å². The average Bonchev–Trinajstić information content (AvgIpc) is 1.76. The van der Waals surface area contributed by atoms with Crippen LogP contribution in [0.5, 0.6) is 0 Å². The standard InChI is InChI=1S/C5H5.ClH.Zr.2H/c1-2-4-5-3-1;;;;/h1-3H,4H2;1H;;;/q-1;;+4;2*-1/p-1. The summed E-state index contributed by atoms with van der Waals surface area (Å²) in [7, 11) is 0. The Morgan fingerprint density at radius 3 is 2.43 bits per heavy atom. The molecule has 0 saturated carbocycles. The normalized spacial score (nSPS) is 12.6. The van der Waals surface area contributed by atoms with E-state index >= 15 is 0 Å². The Hall–Kier alpha value is 0.653. The molecular formula is C5H7ClZr. The van der Waals surface area contributed by atoms with E-state index in [1.54, 1.807) is 0 Å². The van der Waals surface area contributed by atoms with E-state index in [0.29, 0.717) is 0 Å². The quantitative estimate of drug-likeness (QED) is 0.413. The van der Waals surface area contributed by atoms with Gasteiger partial charge in [0.15, 0.2) is 0 Å². The maximum absolute atomic E-state index is 2.99. The molecule has 0 amide bonds. The Bertz CT molecular complexity index is 73.0. The molecule has 7 heavy (non-hydrogen) atoms. The zero-order valence-electron chi connectivity index (χ0n) is 5.82. The molecule has 1 aliphatic carbocycles. The van der Waals surface area contributed by atoms with Crippen LogP contribution < -0.4 is 12.4 Å². The largest absolute Gasteiger partial charge is 4.00 e. The minimum atomic E-state index is 0. The van der Waals surface area contributed by atoms with E-state index in [2.05, 4.69) is 12.2 Å². The molecule has 1 aliphatic rings. The summed E-state index contributed by atoms with van der Waals surface area (Å²) < 4.78 is 0. The number of allylic oxidation sites excluding steroid dienone is 4. The third kappa shape index (κ3) is 4.51. The fourth-order valence-corrected chi connectivity index (χ4v) is 0.340. The van der Waals surface area contributed by atoms with Crippen LogP contribution in [0.1, 0.15) is 9.27 Å². The molecule has 2 heteroatoms. The molecular weight excluding hydrogens is 187 g/mol. The molecule has 0 heterocycles. The van der Waals surface area contributed by atoms with E-state index in [1.165, 1.54) is 0 Å². The van der Waals surface area contributed by atoms with E-state index in [1.807, 2.05) is 12.2 Å². The van der Waals surface area contributed by atoms with Crippen molar-refractivity contribution in [2.24, 2.45) is 0 Å². The second-order valence-corrected chi connectivity index (χ2v) is 1.00. The molecule has 0 atom stereocenters. The first-order chi connectivity index (χ1) is 2.50. The Balaban J connectivity index is -0.0000000312. The van der Waals surface area contributed by atoms with Crippen molar-refractivity contribution < 1.29 is 41.5 Å². The van der Waals surface area contributed by atoms with Gasteiger partial charge in [0.1, 0.15) is 0 Å². The van der Waals surface area contributed by atoms with Gasteiger partial charge in [-0.2, -0.15) is 6.08 Å². The molecule has 0 fully saturated rings. The fraction of sp³-hybridized carbons (Fsp3) is 0.200. The van der Waals surface area contributed by atoms with E-state index in [0.717, 1.165) is 6.42 Å². The molecule has 0 aromatic heterocycles. The molecule has 0 spiro atoms. The van der Waals surface area contributed by atoms with Gasteiger partial charge in [0.25, 0.3) is 0 Å². The van der Waals surface area contributed by atoms with E-state index in [9.17, 15) is 0 Å². The maximum Gasteiger partial charge on any atom is 4.00 e. The SMILES string of the molecule is [C-]1=CC=CC1.[Cl-].[H-].[H-].[Zr+4]. The minimum Gasteiger partial charge on any atom is -1.00 e. The second-order valence-electron chi connectivity index (χ2n) is 1.00. The van der Waals surface area contributed by atoms with E-state index < -0.39 is 0 Å². The molecule has 0 aromatic rings. The van der Waals surface area contributed by atoms with Crippen LogP contribution in [0.4, 0.5) is 0 Å². The van der Waals surface area contributed by atoms with Crippen molar-refractivity contribution in [2.45, 2.75) is 6.42 Å². The van der Waals surface area contributed by atoms with Crippen molar-refractivity contribution in [3.8, 4) is 0 Å². The number of halogens is 1. The van der Waals surface area contributed by atoms with Crippen molar-refractivity contribution in [1.29, 1.82) is 0 Å². The average molecular weight is 194 g/mol. The summed E-state index contributed by atoms with van der Waals surface area (Å²) in [4.78, 5) is 0. The van der Waals surface area contributed by atoms with Gasteiger partial charge in [0.2, 0.25) is 0 Å². The van der Waals surface area contributed by atoms with Crippen LogP contribution >= 0.6 is 0 Å². The summed E-state index contributed by atoms with van der Waals surface area (Å²) >= 11 is 0. The number of hydrogen-bond donors (Lipinski definition) is 0. The second kappa shape index (κ2) is 6.65. The zero-order chi connectivity index (χ0) is 3.54. The van der Waals surface area contributed by atoms with Gasteiger partial charge in [-0.15, -0.1) is 6.42 Å². The molecule has 0 radical (unpaired) electrons. The summed E-state index contributed by atoms with van der Waals surface area (Å²) in [5.74, 6) is 0. The van der Waals surface area contributed by atoms with Crippen molar-refractivity contribution in [2.75, 3.05) is 0 Å². The van der Waals surface area contributed by atoms with Crippen LogP contribution in [0.25, 0.3) is 0 Å². The molecule has 0 aromatic carbocycles. The van der Waals surface area contributed by atoms with Crippen LogP contribution in [-0.2, 0) is 26.2 Å². The summed E-state index contributed by atoms with van der Waals surface area (Å²) in [5, 5.41) is 0. The summed E-state index contributed by atoms with van der Waals surface area (Å²) in [5.41, 5.74) is 0. The predicted octanol–water partition coefficient (Wildman–Crippen LogP) is -1.47. The van der Waals surface area contributed by atoms with Crippen molar-refractivity contribution in [3.63, 3.8) is 0 Å². The third-order valence-electron chi connectivity index (χ3n) is 0.586. The molecule has 0 N–H and O–H groups in total. The first kappa shape index (κ1) is 10.6. The summed E-state index contributed by atoms with van der Waals surface area (Å²) in [6.45, 7) is 0. The van der Waals surface area contributed by atoms with Gasteiger partial charge < -0.3 is 15.3 Å². The van der Waals surface area contributed by atoms with Crippen molar-refractivity contribution >= 4 is 0 Å². The molecule has 0 unspecified atom stereocenters. The van der Waals surface area contributed by atoms with Gasteiger partial charge in [0.05, 0.1) is 0 Å². The van der Waals surface area contributed by atoms with Crippen LogP contribution in [0.15, 0.2) is 18.2 Å². The smallest absolute Gasteiger partial charge is 1.00 e. The van der Waals surface area contributed by atoms with Gasteiger partial charge >= 0.3 is 26.2 Å². The topological polar surface area (TPSA) is 0 Å². The van der Waals surface area contributed by atoms with Crippen LogP contribution in [0.3, 0.4) is 0 Å². The molecule has 0 aliphatic heterocycles. The summed E-state index contributed by atoms with van der Waals surface area (Å²) in [6.07, 6.45) is 10.0. The molecule has 0 bridgehead atoms. The Labute approximate surface area is 72.2 Å². The zero-order valence-corrected chi connectivity index (χ0v) is 7.03. The minimum absolute atomic E-state index is 0. The Morgan fingerprint density at radius 1 is 1.57 bits per heavy atom. The van der Waals surface area contributed by atoms with E-state index in [4.69, 9.17) is 0 Å². The number of hydrogen-bond acceptors (Lipinski definition) is 0. The van der Waals surface area contributed by atoms with Crippen molar-refractivity contribution in [3.05, 3.63) is 24.3 Å². The fourth-order valence-electron chi connectivity index (χ4n) is 0.340. The van der Waals surface area contributed by atoms with Crippen molar-refractivity contribution in [1.82, 2.24) is 0 Å². The van der Waals surface area contributed by atoms with Crippen LogP contribution in [-0.4, -0.2) is 0 Å². The molecule has 1 rings (SSSR count). The molecule has 0 saturated heterocycles. The first-order valence-corrected chi connectivity index (χ1v) is 1.72. The summed E-state index contributed by atoms with van der Waals surface area (Å²) in [6, 6.07) is 0. The van der Waals surface area contributed by atoms with Gasteiger partial charge in [0, 0.05) is 0 Å². The molecule has 0 nitrogen and oxygen atoms in total. The van der Waals surface area contributed by atoms with Gasteiger partial charge in [-0.25, -0.2) is 12.2 Å². The Kier molecular flexibility index (Phi) is 10.1. The first-order valence-electron chi connectivity index (χ1n) is 1.72. The van der Waals surface area contributed by atoms with Gasteiger partial charge in [-0.05, 0) is 0 Å².